The van der Waals surface area contributed by atoms with Crippen molar-refractivity contribution in [3.63, 3.8) is 0 Å². The van der Waals surface area contributed by atoms with Crippen molar-refractivity contribution in [2.75, 3.05) is 0 Å². The Kier molecular flexibility index (Phi) is 2.63. The van der Waals surface area contributed by atoms with Gasteiger partial charge in [-0.15, -0.1) is 0 Å². The van der Waals surface area contributed by atoms with Gasteiger partial charge in [-0.05, 0) is 18.8 Å². The van der Waals surface area contributed by atoms with Gasteiger partial charge < -0.3 is 4.74 Å². The third-order valence-corrected chi connectivity index (χ3v) is 1.82. The zero-order valence-electron chi connectivity index (χ0n) is 6.63. The Morgan fingerprint density at radius 1 is 1.36 bits per heavy atom. The second kappa shape index (κ2) is 3.51. The molecule has 0 N–H and O–H groups in total. The van der Waals surface area contributed by atoms with E-state index >= 15 is 0 Å². The number of hydrogen-bond donors (Lipinski definition) is 0. The molecule has 0 saturated carbocycles. The zero-order chi connectivity index (χ0) is 8.27. The van der Waals surface area contributed by atoms with Gasteiger partial charge in [0.15, 0.2) is 0 Å². The van der Waals surface area contributed by atoms with Crippen LogP contribution < -0.4 is 0 Å². The van der Waals surface area contributed by atoms with Crippen LogP contribution in [0.25, 0.3) is 0 Å². The van der Waals surface area contributed by atoms with Crippen molar-refractivity contribution >= 4 is 11.9 Å². The first-order chi connectivity index (χ1) is 5.18. The fourth-order valence-corrected chi connectivity index (χ4v) is 1.20. The number of carbonyl (C=O) groups excluding carboxylic acids is 2. The van der Waals surface area contributed by atoms with Gasteiger partial charge in [-0.2, -0.15) is 0 Å². The van der Waals surface area contributed by atoms with E-state index in [2.05, 4.69) is 4.74 Å². The monoisotopic (exact) mass is 156 g/mol. The highest BCUT2D eigenvalue weighted by Gasteiger charge is 2.17. The number of esters is 2. The molecule has 1 atom stereocenters. The van der Waals surface area contributed by atoms with E-state index in [1.165, 1.54) is 0 Å². The number of cyclic esters (lactones) is 2. The molecule has 0 aromatic heterocycles. The molecule has 0 bridgehead atoms. The van der Waals surface area contributed by atoms with E-state index in [1.807, 2.05) is 6.92 Å². The summed E-state index contributed by atoms with van der Waals surface area (Å²) in [5.74, 6) is -0.389. The van der Waals surface area contributed by atoms with Gasteiger partial charge in [0.2, 0.25) is 0 Å². The van der Waals surface area contributed by atoms with Crippen molar-refractivity contribution < 1.29 is 14.3 Å². The van der Waals surface area contributed by atoms with Crippen LogP contribution >= 0.6 is 0 Å². The lowest BCUT2D eigenvalue weighted by atomic mass is 10.00. The van der Waals surface area contributed by atoms with Gasteiger partial charge in [0.05, 0.1) is 0 Å². The molecule has 1 aliphatic rings. The molecular formula is C8H12O3. The minimum Gasteiger partial charge on any atom is -0.393 e. The fraction of sp³-hybridized carbons (Fsp3) is 0.750. The molecule has 62 valence electrons. The van der Waals surface area contributed by atoms with E-state index in [9.17, 15) is 9.59 Å². The van der Waals surface area contributed by atoms with Gasteiger partial charge in [-0.1, -0.05) is 6.92 Å². The smallest absolute Gasteiger partial charge is 0.313 e. The molecule has 0 aliphatic carbocycles. The Morgan fingerprint density at radius 2 is 2.09 bits per heavy atom. The van der Waals surface area contributed by atoms with Gasteiger partial charge in [-0.3, -0.25) is 9.59 Å². The predicted molar refractivity (Wildman–Crippen MR) is 38.7 cm³/mol. The molecule has 1 rings (SSSR count). The summed E-state index contributed by atoms with van der Waals surface area (Å²) in [4.78, 5) is 21.5. The zero-order valence-corrected chi connectivity index (χ0v) is 6.63. The van der Waals surface area contributed by atoms with Crippen molar-refractivity contribution in [1.82, 2.24) is 0 Å². The van der Waals surface area contributed by atoms with Crippen molar-refractivity contribution in [2.24, 2.45) is 5.92 Å². The molecule has 0 spiro atoms. The molecule has 0 radical (unpaired) electrons. The summed E-state index contributed by atoms with van der Waals surface area (Å²) in [7, 11) is 0. The third-order valence-electron chi connectivity index (χ3n) is 1.82. The SMILES string of the molecule is CC1CCCC(=O)OC(=O)C1. The molecule has 0 aromatic carbocycles. The van der Waals surface area contributed by atoms with Crippen LogP contribution in [0.5, 0.6) is 0 Å². The van der Waals surface area contributed by atoms with Crippen molar-refractivity contribution in [3.8, 4) is 0 Å². The topological polar surface area (TPSA) is 43.4 Å². The van der Waals surface area contributed by atoms with E-state index in [0.717, 1.165) is 12.8 Å². The maximum absolute atomic E-state index is 10.8. The third kappa shape index (κ3) is 2.70. The summed E-state index contributed by atoms with van der Waals surface area (Å²) in [6, 6.07) is 0. The molecule has 0 amide bonds. The number of rotatable bonds is 0. The quantitative estimate of drug-likeness (QED) is 0.392. The van der Waals surface area contributed by atoms with Crippen molar-refractivity contribution in [1.29, 1.82) is 0 Å². The Bertz CT molecular complexity index is 174. The van der Waals surface area contributed by atoms with E-state index in [-0.39, 0.29) is 11.9 Å². The highest BCUT2D eigenvalue weighted by Crippen LogP contribution is 2.16. The highest BCUT2D eigenvalue weighted by molar-refractivity contribution is 5.85. The minimum atomic E-state index is -0.373. The second-order valence-corrected chi connectivity index (χ2v) is 3.05. The van der Waals surface area contributed by atoms with Crippen LogP contribution in [-0.2, 0) is 14.3 Å². The number of ether oxygens (including phenoxy) is 1. The molecule has 1 heterocycles. The summed E-state index contributed by atoms with van der Waals surface area (Å²) < 4.78 is 4.48. The first-order valence-corrected chi connectivity index (χ1v) is 3.92. The Labute approximate surface area is 65.7 Å². The average Bonchev–Trinajstić information content (AvgIpc) is 1.83. The van der Waals surface area contributed by atoms with E-state index in [0.29, 0.717) is 18.8 Å². The molecule has 0 aromatic rings. The average molecular weight is 156 g/mol. The van der Waals surface area contributed by atoms with E-state index < -0.39 is 0 Å². The molecule has 1 fully saturated rings. The van der Waals surface area contributed by atoms with Crippen molar-refractivity contribution in [3.05, 3.63) is 0 Å². The molecule has 11 heavy (non-hydrogen) atoms. The summed E-state index contributed by atoms with van der Waals surface area (Å²) in [5.41, 5.74) is 0. The summed E-state index contributed by atoms with van der Waals surface area (Å²) in [6.07, 6.45) is 2.55. The van der Waals surface area contributed by atoms with Crippen LogP contribution in [0.4, 0.5) is 0 Å². The standard InChI is InChI=1S/C8H12O3/c1-6-3-2-4-7(9)11-8(10)5-6/h6H,2-5H2,1H3. The molecule has 1 unspecified atom stereocenters. The van der Waals surface area contributed by atoms with Crippen molar-refractivity contribution in [2.45, 2.75) is 32.6 Å². The summed E-state index contributed by atoms with van der Waals surface area (Å²) in [5, 5.41) is 0. The van der Waals surface area contributed by atoms with E-state index in [1.54, 1.807) is 0 Å². The maximum Gasteiger partial charge on any atom is 0.313 e. The van der Waals surface area contributed by atoms with Crippen LogP contribution in [0, 0.1) is 5.92 Å². The molecular weight excluding hydrogens is 144 g/mol. The Hall–Kier alpha value is -0.860. The first kappa shape index (κ1) is 8.24. The predicted octanol–water partition coefficient (Wildman–Crippen LogP) is 1.27. The molecule has 1 aliphatic heterocycles. The summed E-state index contributed by atoms with van der Waals surface area (Å²) in [6.45, 7) is 2.00. The molecule has 3 nitrogen and oxygen atoms in total. The molecule has 3 heteroatoms. The van der Waals surface area contributed by atoms with Crippen LogP contribution in [-0.4, -0.2) is 11.9 Å². The highest BCUT2D eigenvalue weighted by atomic mass is 16.6. The largest absolute Gasteiger partial charge is 0.393 e. The maximum atomic E-state index is 10.8. The normalized spacial score (nSPS) is 27.2. The fourth-order valence-electron chi connectivity index (χ4n) is 1.20. The molecule has 1 saturated heterocycles. The second-order valence-electron chi connectivity index (χ2n) is 3.05. The van der Waals surface area contributed by atoms with Gasteiger partial charge in [-0.25, -0.2) is 0 Å². The lowest BCUT2D eigenvalue weighted by Gasteiger charge is -2.13. The summed E-state index contributed by atoms with van der Waals surface area (Å²) >= 11 is 0. The van der Waals surface area contributed by atoms with Gasteiger partial charge in [0.25, 0.3) is 0 Å². The van der Waals surface area contributed by atoms with E-state index in [4.69, 9.17) is 0 Å². The lowest BCUT2D eigenvalue weighted by Crippen LogP contribution is -2.18. The van der Waals surface area contributed by atoms with Crippen LogP contribution in [0.3, 0.4) is 0 Å². The van der Waals surface area contributed by atoms with Gasteiger partial charge >= 0.3 is 11.9 Å². The first-order valence-electron chi connectivity index (χ1n) is 3.92. The minimum absolute atomic E-state index is 0.357. The van der Waals surface area contributed by atoms with Crippen LogP contribution in [0.1, 0.15) is 32.6 Å². The number of carbonyl (C=O) groups is 2. The Morgan fingerprint density at radius 3 is 2.82 bits per heavy atom. The lowest BCUT2D eigenvalue weighted by molar-refractivity contribution is -0.161. The number of hydrogen-bond acceptors (Lipinski definition) is 3. The van der Waals surface area contributed by atoms with Crippen LogP contribution in [0.2, 0.25) is 0 Å². The Balaban J connectivity index is 2.47. The van der Waals surface area contributed by atoms with Gasteiger partial charge in [0.1, 0.15) is 0 Å². The van der Waals surface area contributed by atoms with Gasteiger partial charge in [0, 0.05) is 12.8 Å². The van der Waals surface area contributed by atoms with Crippen LogP contribution in [0.15, 0.2) is 0 Å².